The first-order chi connectivity index (χ1) is 23.8. The van der Waals surface area contributed by atoms with Crippen LogP contribution in [0.15, 0.2) is 0 Å². The second-order valence-electron chi connectivity index (χ2n) is 13.6. The molecule has 51 heavy (non-hydrogen) atoms. The van der Waals surface area contributed by atoms with Gasteiger partial charge in [-0.2, -0.15) is 0 Å². The minimum Gasteiger partial charge on any atom is -0.480 e. The molecule has 0 aromatic carbocycles. The average molecular weight is 726 g/mol. The second-order valence-corrected chi connectivity index (χ2v) is 13.6. The maximum atomic E-state index is 13.7. The maximum Gasteiger partial charge on any atom is 0.322 e. The van der Waals surface area contributed by atoms with E-state index in [0.29, 0.717) is 6.42 Å². The number of nitrogens with zero attached hydrogens (tertiary/aromatic N) is 1. The van der Waals surface area contributed by atoms with Gasteiger partial charge in [-0.15, -0.1) is 0 Å². The van der Waals surface area contributed by atoms with E-state index in [-0.39, 0.29) is 44.7 Å². The molecule has 1 heterocycles. The van der Waals surface area contributed by atoms with Gasteiger partial charge in [0, 0.05) is 13.0 Å². The Balaban J connectivity index is 3.18. The van der Waals surface area contributed by atoms with Gasteiger partial charge in [0.15, 0.2) is 0 Å². The van der Waals surface area contributed by atoms with Crippen LogP contribution in [0.3, 0.4) is 0 Å². The van der Waals surface area contributed by atoms with Crippen molar-refractivity contribution in [3.63, 3.8) is 0 Å². The first-order valence-corrected chi connectivity index (χ1v) is 17.0. The molecule has 0 bridgehead atoms. The molecule has 1 rings (SSSR count). The molecule has 0 saturated carbocycles. The summed E-state index contributed by atoms with van der Waals surface area (Å²) in [6.07, 6.45) is 0.369. The van der Waals surface area contributed by atoms with Crippen molar-refractivity contribution in [2.45, 2.75) is 104 Å². The molecule has 0 aliphatic carbocycles. The lowest BCUT2D eigenvalue weighted by Crippen LogP contribution is -2.61. The fraction of sp³-hybridized carbons (Fsp3) is 0.719. The topological polar surface area (TPSA) is 301 Å². The summed E-state index contributed by atoms with van der Waals surface area (Å²) >= 11 is 0. The number of aliphatic carboxylic acids is 1. The minimum absolute atomic E-state index is 0.0946. The van der Waals surface area contributed by atoms with Crippen LogP contribution in [0.4, 0.5) is 0 Å². The summed E-state index contributed by atoms with van der Waals surface area (Å²) in [7, 11) is 0. The molecule has 0 radical (unpaired) electrons. The van der Waals surface area contributed by atoms with E-state index in [0.717, 1.165) is 0 Å². The van der Waals surface area contributed by atoms with Gasteiger partial charge in [0.1, 0.15) is 36.8 Å². The summed E-state index contributed by atoms with van der Waals surface area (Å²) in [6.45, 7) is 9.09. The fourth-order valence-electron chi connectivity index (χ4n) is 5.35. The number of carbonyl (C=O) groups excluding carboxylic acids is 8. The molecule has 5 atom stereocenters. The highest BCUT2D eigenvalue weighted by Crippen LogP contribution is 2.20. The van der Waals surface area contributed by atoms with Crippen molar-refractivity contribution in [3.8, 4) is 0 Å². The van der Waals surface area contributed by atoms with E-state index in [2.05, 4.69) is 31.9 Å². The van der Waals surface area contributed by atoms with E-state index in [9.17, 15) is 43.2 Å². The zero-order valence-corrected chi connectivity index (χ0v) is 30.2. The first kappa shape index (κ1) is 44.2. The van der Waals surface area contributed by atoms with Crippen LogP contribution < -0.4 is 43.4 Å². The van der Waals surface area contributed by atoms with Gasteiger partial charge in [0.05, 0.1) is 13.1 Å². The van der Waals surface area contributed by atoms with Crippen LogP contribution in [-0.2, 0) is 43.2 Å². The number of nitrogens with one attached hydrogen (secondary N) is 6. The highest BCUT2D eigenvalue weighted by atomic mass is 16.4. The predicted octanol–water partition coefficient (Wildman–Crippen LogP) is -3.18. The van der Waals surface area contributed by atoms with Crippen LogP contribution in [0, 0.1) is 17.8 Å². The Labute approximate surface area is 297 Å². The maximum absolute atomic E-state index is 13.7. The molecule has 1 aliphatic heterocycles. The van der Waals surface area contributed by atoms with E-state index in [4.69, 9.17) is 16.6 Å². The number of primary amides is 1. The predicted molar refractivity (Wildman–Crippen MR) is 183 cm³/mol. The van der Waals surface area contributed by atoms with Crippen LogP contribution in [0.2, 0.25) is 0 Å². The van der Waals surface area contributed by atoms with Crippen molar-refractivity contribution >= 4 is 53.2 Å². The van der Waals surface area contributed by atoms with Crippen molar-refractivity contribution in [1.29, 1.82) is 0 Å². The highest BCUT2D eigenvalue weighted by Gasteiger charge is 2.39. The SMILES string of the molecule is CC(C)C[C@H](NC(=O)[C@H](NC(=O)CNC(=O)CN)C(C)C)C(=O)N[C@H](C(=O)N[C@@H](CCC(N)=O)C(=O)N1CCC[C@H]1C(=O)NCC(=O)O)C(C)C. The third-order valence-corrected chi connectivity index (χ3v) is 8.03. The number of carbonyl (C=O) groups is 9. The minimum atomic E-state index is -1.31. The molecule has 19 nitrogen and oxygen atoms in total. The van der Waals surface area contributed by atoms with E-state index < -0.39 is 108 Å². The molecular formula is C32H55N9O10. The number of carboxylic acids is 1. The zero-order chi connectivity index (χ0) is 39.0. The van der Waals surface area contributed by atoms with Crippen molar-refractivity contribution in [3.05, 3.63) is 0 Å². The molecule has 1 saturated heterocycles. The van der Waals surface area contributed by atoms with Crippen molar-refractivity contribution in [1.82, 2.24) is 36.8 Å². The first-order valence-electron chi connectivity index (χ1n) is 17.0. The van der Waals surface area contributed by atoms with Gasteiger partial charge in [-0.05, 0) is 43.4 Å². The van der Waals surface area contributed by atoms with Gasteiger partial charge in [-0.1, -0.05) is 41.5 Å². The van der Waals surface area contributed by atoms with Crippen LogP contribution in [0.1, 0.15) is 73.6 Å². The van der Waals surface area contributed by atoms with E-state index in [1.165, 1.54) is 4.90 Å². The number of rotatable bonds is 21. The molecule has 1 aliphatic rings. The standard InChI is InChI=1S/C32H55N9O10/c1-16(2)12-20(38-30(49)26(17(3)4)39-24(44)14-35-23(43)13-33)28(47)40-27(18(5)6)31(50)37-19(9-10-22(34)42)32(51)41-11-7-8-21(41)29(48)36-15-25(45)46/h16-21,26-27H,7-15,33H2,1-6H3,(H2,34,42)(H,35,43)(H,36,48)(H,37,50)(H,38,49)(H,39,44)(H,40,47)(H,45,46)/t19-,20-,21-,26+,27-/m0/s1. The molecule has 19 heteroatoms. The van der Waals surface area contributed by atoms with Crippen LogP contribution >= 0.6 is 0 Å². The number of amides is 8. The highest BCUT2D eigenvalue weighted by molar-refractivity contribution is 5.97. The molecule has 0 spiro atoms. The number of carboxylic acid groups (broad SMARTS) is 1. The monoisotopic (exact) mass is 725 g/mol. The Bertz CT molecular complexity index is 1290. The van der Waals surface area contributed by atoms with Crippen LogP contribution in [0.5, 0.6) is 0 Å². The van der Waals surface area contributed by atoms with E-state index >= 15 is 0 Å². The largest absolute Gasteiger partial charge is 0.480 e. The second kappa shape index (κ2) is 21.4. The third kappa shape index (κ3) is 15.3. The Morgan fingerprint density at radius 2 is 1.31 bits per heavy atom. The van der Waals surface area contributed by atoms with Gasteiger partial charge in [0.2, 0.25) is 47.3 Å². The average Bonchev–Trinajstić information content (AvgIpc) is 3.54. The summed E-state index contributed by atoms with van der Waals surface area (Å²) in [5.74, 6) is -7.73. The Kier molecular flexibility index (Phi) is 18.6. The third-order valence-electron chi connectivity index (χ3n) is 8.03. The summed E-state index contributed by atoms with van der Waals surface area (Å²) in [5, 5.41) is 24.0. The van der Waals surface area contributed by atoms with Gasteiger partial charge < -0.3 is 53.4 Å². The lowest BCUT2D eigenvalue weighted by molar-refractivity contribution is -0.143. The molecule has 11 N–H and O–H groups in total. The van der Waals surface area contributed by atoms with Crippen molar-refractivity contribution in [2.75, 3.05) is 26.2 Å². The van der Waals surface area contributed by atoms with Crippen LogP contribution in [0.25, 0.3) is 0 Å². The number of nitrogens with two attached hydrogens (primary N) is 2. The van der Waals surface area contributed by atoms with Crippen molar-refractivity contribution in [2.24, 2.45) is 29.2 Å². The summed E-state index contributed by atoms with van der Waals surface area (Å²) in [5.41, 5.74) is 10.6. The quantitative estimate of drug-likeness (QED) is 0.0568. The normalized spacial score (nSPS) is 16.4. The Morgan fingerprint density at radius 3 is 1.82 bits per heavy atom. The molecule has 8 amide bonds. The molecule has 288 valence electrons. The van der Waals surface area contributed by atoms with Crippen LogP contribution in [-0.4, -0.2) is 120 Å². The Morgan fingerprint density at radius 1 is 0.745 bits per heavy atom. The fourth-order valence-corrected chi connectivity index (χ4v) is 5.35. The molecule has 0 aromatic heterocycles. The number of hydrogen-bond donors (Lipinski definition) is 9. The van der Waals surface area contributed by atoms with Gasteiger partial charge >= 0.3 is 5.97 Å². The molecule has 0 unspecified atom stereocenters. The number of likely N-dealkylation sites (tertiary alicyclic amines) is 1. The van der Waals surface area contributed by atoms with E-state index in [1.807, 2.05) is 13.8 Å². The number of hydrogen-bond acceptors (Lipinski definition) is 10. The van der Waals surface area contributed by atoms with Gasteiger partial charge in [-0.25, -0.2) is 0 Å². The van der Waals surface area contributed by atoms with Gasteiger partial charge in [0.25, 0.3) is 0 Å². The summed E-state index contributed by atoms with van der Waals surface area (Å²) in [6, 6.07) is -5.73. The molecule has 1 fully saturated rings. The molecule has 0 aromatic rings. The smallest absolute Gasteiger partial charge is 0.322 e. The lowest BCUT2D eigenvalue weighted by atomic mass is 9.98. The summed E-state index contributed by atoms with van der Waals surface area (Å²) in [4.78, 5) is 115. The zero-order valence-electron chi connectivity index (χ0n) is 30.2. The lowest BCUT2D eigenvalue weighted by Gasteiger charge is -2.31. The van der Waals surface area contributed by atoms with E-state index in [1.54, 1.807) is 27.7 Å². The van der Waals surface area contributed by atoms with Crippen molar-refractivity contribution < 1.29 is 48.3 Å². The summed E-state index contributed by atoms with van der Waals surface area (Å²) < 4.78 is 0. The Hall–Kier alpha value is -4.81. The van der Waals surface area contributed by atoms with Gasteiger partial charge in [-0.3, -0.25) is 43.2 Å². The molecular weight excluding hydrogens is 670 g/mol.